The minimum absolute atomic E-state index is 0.353. The van der Waals surface area contributed by atoms with Gasteiger partial charge in [0.15, 0.2) is 0 Å². The maximum absolute atomic E-state index is 10.8. The van der Waals surface area contributed by atoms with Crippen LogP contribution < -0.4 is 4.90 Å². The highest BCUT2D eigenvalue weighted by molar-refractivity contribution is 5.72. The first-order chi connectivity index (χ1) is 7.72. The molecule has 1 atom stereocenters. The molecule has 0 bridgehead atoms. The zero-order valence-corrected chi connectivity index (χ0v) is 8.63. The van der Waals surface area contributed by atoms with Gasteiger partial charge in [0, 0.05) is 19.3 Å². The molecule has 0 amide bonds. The van der Waals surface area contributed by atoms with E-state index in [1.165, 1.54) is 0 Å². The van der Waals surface area contributed by atoms with Gasteiger partial charge in [-0.3, -0.25) is 4.79 Å². The average Bonchev–Trinajstić information content (AvgIpc) is 2.78. The highest BCUT2D eigenvalue weighted by Crippen LogP contribution is 2.24. The Balaban J connectivity index is 2.21. The second-order valence-electron chi connectivity index (χ2n) is 3.76. The smallest absolute Gasteiger partial charge is 0.308 e. The van der Waals surface area contributed by atoms with E-state index in [-0.39, 0.29) is 5.92 Å². The summed E-state index contributed by atoms with van der Waals surface area (Å²) < 4.78 is 0. The molecule has 2 heterocycles. The topological polar surface area (TPSA) is 77.2 Å². The number of carboxylic acids is 1. The van der Waals surface area contributed by atoms with Gasteiger partial charge >= 0.3 is 5.97 Å². The zero-order valence-electron chi connectivity index (χ0n) is 8.63. The van der Waals surface area contributed by atoms with Gasteiger partial charge in [0.25, 0.3) is 0 Å². The SMILES string of the molecule is N#Cc1cccnc1N1CCC(C(=O)O)C1. The van der Waals surface area contributed by atoms with Gasteiger partial charge in [0.1, 0.15) is 11.9 Å². The highest BCUT2D eigenvalue weighted by Gasteiger charge is 2.29. The van der Waals surface area contributed by atoms with Crippen LogP contribution in [0.2, 0.25) is 0 Å². The standard InChI is InChI=1S/C11H11N3O2/c12-6-8-2-1-4-13-10(8)14-5-3-9(7-14)11(15)16/h1-2,4,9H,3,5,7H2,(H,15,16). The summed E-state index contributed by atoms with van der Waals surface area (Å²) in [7, 11) is 0. The molecule has 0 aliphatic carbocycles. The fourth-order valence-electron chi connectivity index (χ4n) is 1.89. The van der Waals surface area contributed by atoms with Crippen LogP contribution in [0.15, 0.2) is 18.3 Å². The van der Waals surface area contributed by atoms with E-state index in [2.05, 4.69) is 11.1 Å². The van der Waals surface area contributed by atoms with Crippen LogP contribution in [0.4, 0.5) is 5.82 Å². The number of aliphatic carboxylic acids is 1. The van der Waals surface area contributed by atoms with Crippen LogP contribution in [0, 0.1) is 17.2 Å². The Morgan fingerprint density at radius 1 is 1.69 bits per heavy atom. The number of carbonyl (C=O) groups is 1. The largest absolute Gasteiger partial charge is 0.481 e. The molecule has 5 nitrogen and oxygen atoms in total. The molecule has 1 unspecified atom stereocenters. The molecule has 16 heavy (non-hydrogen) atoms. The first kappa shape index (κ1) is 10.4. The van der Waals surface area contributed by atoms with Crippen molar-refractivity contribution in [3.63, 3.8) is 0 Å². The van der Waals surface area contributed by atoms with E-state index in [0.29, 0.717) is 30.9 Å². The molecule has 1 aromatic heterocycles. The predicted molar refractivity (Wildman–Crippen MR) is 56.9 cm³/mol. The third-order valence-corrected chi connectivity index (χ3v) is 2.74. The number of aromatic nitrogens is 1. The summed E-state index contributed by atoms with van der Waals surface area (Å²) >= 11 is 0. The molecule has 1 N–H and O–H groups in total. The van der Waals surface area contributed by atoms with Gasteiger partial charge in [-0.05, 0) is 18.6 Å². The Morgan fingerprint density at radius 2 is 2.50 bits per heavy atom. The summed E-state index contributed by atoms with van der Waals surface area (Å²) in [5, 5.41) is 17.8. The molecule has 1 aliphatic heterocycles. The van der Waals surface area contributed by atoms with Crippen LogP contribution in [0.3, 0.4) is 0 Å². The lowest BCUT2D eigenvalue weighted by Gasteiger charge is -2.17. The molecular weight excluding hydrogens is 206 g/mol. The Kier molecular flexibility index (Phi) is 2.73. The number of rotatable bonds is 2. The number of carboxylic acid groups (broad SMARTS) is 1. The maximum atomic E-state index is 10.8. The lowest BCUT2D eigenvalue weighted by Crippen LogP contribution is -2.24. The third-order valence-electron chi connectivity index (χ3n) is 2.74. The average molecular weight is 217 g/mol. The van der Waals surface area contributed by atoms with Crippen LogP contribution in [-0.2, 0) is 4.79 Å². The number of nitrogens with zero attached hydrogens (tertiary/aromatic N) is 3. The van der Waals surface area contributed by atoms with Crippen LogP contribution in [0.5, 0.6) is 0 Å². The summed E-state index contributed by atoms with van der Waals surface area (Å²) in [6, 6.07) is 5.46. The number of hydrogen-bond acceptors (Lipinski definition) is 4. The molecule has 1 aliphatic rings. The first-order valence-corrected chi connectivity index (χ1v) is 5.05. The van der Waals surface area contributed by atoms with E-state index in [1.807, 2.05) is 4.90 Å². The fourth-order valence-corrected chi connectivity index (χ4v) is 1.89. The lowest BCUT2D eigenvalue weighted by atomic mass is 10.1. The number of nitriles is 1. The minimum Gasteiger partial charge on any atom is -0.481 e. The van der Waals surface area contributed by atoms with Gasteiger partial charge in [-0.2, -0.15) is 5.26 Å². The monoisotopic (exact) mass is 217 g/mol. The molecule has 1 saturated heterocycles. The van der Waals surface area contributed by atoms with Crippen molar-refractivity contribution in [2.75, 3.05) is 18.0 Å². The summed E-state index contributed by atoms with van der Waals surface area (Å²) in [5.41, 5.74) is 0.494. The minimum atomic E-state index is -0.781. The van der Waals surface area contributed by atoms with E-state index in [9.17, 15) is 4.79 Å². The Bertz CT molecular complexity index is 453. The van der Waals surface area contributed by atoms with Crippen LogP contribution >= 0.6 is 0 Å². The van der Waals surface area contributed by atoms with Crippen molar-refractivity contribution in [2.24, 2.45) is 5.92 Å². The lowest BCUT2D eigenvalue weighted by molar-refractivity contribution is -0.140. The number of pyridine rings is 1. The van der Waals surface area contributed by atoms with Gasteiger partial charge in [0.05, 0.1) is 11.5 Å². The quantitative estimate of drug-likeness (QED) is 0.795. The molecular formula is C11H11N3O2. The summed E-state index contributed by atoms with van der Waals surface area (Å²) in [5.74, 6) is -0.542. The first-order valence-electron chi connectivity index (χ1n) is 5.05. The maximum Gasteiger partial charge on any atom is 0.308 e. The zero-order chi connectivity index (χ0) is 11.5. The van der Waals surface area contributed by atoms with E-state index in [0.717, 1.165) is 0 Å². The van der Waals surface area contributed by atoms with Gasteiger partial charge in [0.2, 0.25) is 0 Å². The third kappa shape index (κ3) is 1.82. The van der Waals surface area contributed by atoms with Gasteiger partial charge < -0.3 is 10.0 Å². The van der Waals surface area contributed by atoms with Crippen molar-refractivity contribution in [1.29, 1.82) is 5.26 Å². The molecule has 1 aromatic rings. The van der Waals surface area contributed by atoms with Crippen molar-refractivity contribution in [1.82, 2.24) is 4.98 Å². The summed E-state index contributed by atoms with van der Waals surface area (Å²) in [6.07, 6.45) is 2.22. The van der Waals surface area contributed by atoms with Gasteiger partial charge in [-0.1, -0.05) is 0 Å². The Hall–Kier alpha value is -2.09. The molecule has 5 heteroatoms. The van der Waals surface area contributed by atoms with Crippen molar-refractivity contribution < 1.29 is 9.90 Å². The van der Waals surface area contributed by atoms with Crippen molar-refractivity contribution in [3.8, 4) is 6.07 Å². The normalized spacial score (nSPS) is 19.4. The van der Waals surface area contributed by atoms with Crippen molar-refractivity contribution >= 4 is 11.8 Å². The number of hydrogen-bond donors (Lipinski definition) is 1. The summed E-state index contributed by atoms with van der Waals surface area (Å²) in [6.45, 7) is 1.07. The van der Waals surface area contributed by atoms with Crippen molar-refractivity contribution in [3.05, 3.63) is 23.9 Å². The second-order valence-corrected chi connectivity index (χ2v) is 3.76. The molecule has 1 fully saturated rings. The Labute approximate surface area is 92.9 Å². The highest BCUT2D eigenvalue weighted by atomic mass is 16.4. The van der Waals surface area contributed by atoms with Crippen LogP contribution in [0.25, 0.3) is 0 Å². The molecule has 0 saturated carbocycles. The van der Waals surface area contributed by atoms with Crippen molar-refractivity contribution in [2.45, 2.75) is 6.42 Å². The van der Waals surface area contributed by atoms with Gasteiger partial charge in [-0.15, -0.1) is 0 Å². The molecule has 82 valence electrons. The van der Waals surface area contributed by atoms with Gasteiger partial charge in [-0.25, -0.2) is 4.98 Å². The fraction of sp³-hybridized carbons (Fsp3) is 0.364. The second kappa shape index (κ2) is 4.19. The molecule has 2 rings (SSSR count). The number of anilines is 1. The molecule has 0 spiro atoms. The summed E-state index contributed by atoms with van der Waals surface area (Å²) in [4.78, 5) is 16.8. The van der Waals surface area contributed by atoms with E-state index < -0.39 is 5.97 Å². The van der Waals surface area contributed by atoms with E-state index in [1.54, 1.807) is 18.3 Å². The van der Waals surface area contributed by atoms with Crippen LogP contribution in [0.1, 0.15) is 12.0 Å². The predicted octanol–water partition coefficient (Wildman–Crippen LogP) is 0.864. The van der Waals surface area contributed by atoms with Crippen LogP contribution in [-0.4, -0.2) is 29.1 Å². The Morgan fingerprint density at radius 3 is 3.12 bits per heavy atom. The van der Waals surface area contributed by atoms with E-state index >= 15 is 0 Å². The molecule has 0 aromatic carbocycles. The van der Waals surface area contributed by atoms with E-state index in [4.69, 9.17) is 10.4 Å². The molecule has 0 radical (unpaired) electrons.